The average molecular weight is 284 g/mol. The molecule has 20 heavy (non-hydrogen) atoms. The van der Waals surface area contributed by atoms with Gasteiger partial charge in [0, 0.05) is 32.8 Å². The monoisotopic (exact) mass is 284 g/mol. The van der Waals surface area contributed by atoms with Crippen LogP contribution in [-0.2, 0) is 19.1 Å². The number of carbonyl (C=O) groups excluding carboxylic acids is 2. The molecule has 0 aromatic carbocycles. The summed E-state index contributed by atoms with van der Waals surface area (Å²) in [5.41, 5.74) is 0. The minimum Gasteiger partial charge on any atom is -0.462 e. The summed E-state index contributed by atoms with van der Waals surface area (Å²) in [5.74, 6) is -0.0918. The van der Waals surface area contributed by atoms with Gasteiger partial charge >= 0.3 is 5.97 Å². The van der Waals surface area contributed by atoms with Crippen molar-refractivity contribution in [3.63, 3.8) is 0 Å². The number of hydrogen-bond donors (Lipinski definition) is 0. The molecule has 2 heterocycles. The molecule has 1 atom stereocenters. The zero-order chi connectivity index (χ0) is 14.5. The zero-order valence-corrected chi connectivity index (χ0v) is 12.3. The molecule has 1 unspecified atom stereocenters. The molecule has 2 aliphatic heterocycles. The van der Waals surface area contributed by atoms with Crippen LogP contribution >= 0.6 is 0 Å². The van der Waals surface area contributed by atoms with Crippen LogP contribution in [0.15, 0.2) is 0 Å². The van der Waals surface area contributed by atoms with Gasteiger partial charge in [0.25, 0.3) is 5.91 Å². The second-order valence-electron chi connectivity index (χ2n) is 5.64. The Kier molecular flexibility index (Phi) is 5.37. The van der Waals surface area contributed by atoms with Gasteiger partial charge in [0.1, 0.15) is 6.10 Å². The molecule has 2 fully saturated rings. The number of ether oxygens (including phenoxy) is 2. The van der Waals surface area contributed by atoms with E-state index in [1.165, 1.54) is 0 Å². The predicted molar refractivity (Wildman–Crippen MR) is 73.2 cm³/mol. The first-order chi connectivity index (χ1) is 9.56. The van der Waals surface area contributed by atoms with Crippen molar-refractivity contribution in [1.29, 1.82) is 0 Å². The normalized spacial score (nSPS) is 24.1. The Bertz CT molecular complexity index is 345. The first-order valence-corrected chi connectivity index (χ1v) is 7.38. The predicted octanol–water partition coefficient (Wildman–Crippen LogP) is 0.261. The minimum atomic E-state index is -0.243. The van der Waals surface area contributed by atoms with E-state index in [0.717, 1.165) is 12.8 Å². The van der Waals surface area contributed by atoms with Crippen LogP contribution in [-0.4, -0.2) is 73.2 Å². The second-order valence-corrected chi connectivity index (χ2v) is 5.64. The Morgan fingerprint density at radius 3 is 2.50 bits per heavy atom. The van der Waals surface area contributed by atoms with E-state index in [2.05, 4.69) is 0 Å². The Morgan fingerprint density at radius 1 is 1.25 bits per heavy atom. The Morgan fingerprint density at radius 2 is 1.95 bits per heavy atom. The molecule has 1 amide bonds. The number of hydrogen-bond acceptors (Lipinski definition) is 5. The maximum Gasteiger partial charge on any atom is 0.320 e. The summed E-state index contributed by atoms with van der Waals surface area (Å²) in [7, 11) is 0. The van der Waals surface area contributed by atoms with Crippen LogP contribution in [0.4, 0.5) is 0 Å². The number of rotatable bonds is 4. The molecule has 6 heteroatoms. The van der Waals surface area contributed by atoms with E-state index >= 15 is 0 Å². The van der Waals surface area contributed by atoms with Gasteiger partial charge in [-0.2, -0.15) is 0 Å². The van der Waals surface area contributed by atoms with Crippen molar-refractivity contribution in [3.8, 4) is 0 Å². The van der Waals surface area contributed by atoms with Crippen molar-refractivity contribution in [3.05, 3.63) is 0 Å². The van der Waals surface area contributed by atoms with Crippen LogP contribution < -0.4 is 0 Å². The molecule has 2 rings (SSSR count). The molecule has 2 aliphatic rings. The van der Waals surface area contributed by atoms with Crippen LogP contribution in [0.5, 0.6) is 0 Å². The van der Waals surface area contributed by atoms with Crippen molar-refractivity contribution in [2.75, 3.05) is 39.3 Å². The van der Waals surface area contributed by atoms with E-state index < -0.39 is 0 Å². The van der Waals surface area contributed by atoms with E-state index in [0.29, 0.717) is 39.3 Å². The standard InChI is InChI=1S/C14H24N2O4/c1-11(2)20-13(17)10-15-5-7-16(8-6-15)14(18)12-4-3-9-19-12/h11-12H,3-10H2,1-2H3. The van der Waals surface area contributed by atoms with Gasteiger partial charge in [0.2, 0.25) is 0 Å². The Labute approximate surface area is 120 Å². The van der Waals surface area contributed by atoms with Crippen LogP contribution in [0.1, 0.15) is 26.7 Å². The van der Waals surface area contributed by atoms with Gasteiger partial charge in [0.05, 0.1) is 12.6 Å². The second kappa shape index (κ2) is 7.04. The summed E-state index contributed by atoms with van der Waals surface area (Å²) in [5, 5.41) is 0. The molecule has 0 N–H and O–H groups in total. The molecular formula is C14H24N2O4. The maximum atomic E-state index is 12.2. The molecule has 6 nitrogen and oxygen atoms in total. The summed E-state index contributed by atoms with van der Waals surface area (Å²) >= 11 is 0. The van der Waals surface area contributed by atoms with E-state index in [-0.39, 0.29) is 24.1 Å². The maximum absolute atomic E-state index is 12.2. The van der Waals surface area contributed by atoms with Gasteiger partial charge in [-0.05, 0) is 26.7 Å². The highest BCUT2D eigenvalue weighted by Gasteiger charge is 2.30. The Balaban J connectivity index is 1.72. The quantitative estimate of drug-likeness (QED) is 0.693. The van der Waals surface area contributed by atoms with Crippen LogP contribution in [0.25, 0.3) is 0 Å². The summed E-state index contributed by atoms with van der Waals surface area (Å²) < 4.78 is 10.6. The highest BCUT2D eigenvalue weighted by Crippen LogP contribution is 2.15. The van der Waals surface area contributed by atoms with Gasteiger partial charge < -0.3 is 14.4 Å². The molecular weight excluding hydrogens is 260 g/mol. The smallest absolute Gasteiger partial charge is 0.320 e. The molecule has 0 radical (unpaired) electrons. The van der Waals surface area contributed by atoms with Crippen molar-refractivity contribution in [1.82, 2.24) is 9.80 Å². The molecule has 0 aromatic heterocycles. The van der Waals surface area contributed by atoms with E-state index in [1.807, 2.05) is 23.6 Å². The van der Waals surface area contributed by atoms with Gasteiger partial charge in [0.15, 0.2) is 0 Å². The van der Waals surface area contributed by atoms with Gasteiger partial charge in [-0.15, -0.1) is 0 Å². The number of piperazine rings is 1. The lowest BCUT2D eigenvalue weighted by Gasteiger charge is -2.35. The van der Waals surface area contributed by atoms with Gasteiger partial charge in [-0.1, -0.05) is 0 Å². The average Bonchev–Trinajstić information content (AvgIpc) is 2.91. The van der Waals surface area contributed by atoms with Gasteiger partial charge in [-0.25, -0.2) is 0 Å². The highest BCUT2D eigenvalue weighted by atomic mass is 16.5. The molecule has 114 valence electrons. The van der Waals surface area contributed by atoms with Gasteiger partial charge in [-0.3, -0.25) is 14.5 Å². The third-order valence-electron chi connectivity index (χ3n) is 3.61. The SMILES string of the molecule is CC(C)OC(=O)CN1CCN(C(=O)C2CCCO2)CC1. The van der Waals surface area contributed by atoms with Crippen molar-refractivity contribution < 1.29 is 19.1 Å². The fourth-order valence-corrected chi connectivity index (χ4v) is 2.59. The van der Waals surface area contributed by atoms with Crippen molar-refractivity contribution in [2.45, 2.75) is 38.9 Å². The van der Waals surface area contributed by atoms with Crippen LogP contribution in [0.2, 0.25) is 0 Å². The number of carbonyl (C=O) groups is 2. The first kappa shape index (κ1) is 15.3. The molecule has 2 saturated heterocycles. The van der Waals surface area contributed by atoms with Crippen molar-refractivity contribution in [2.24, 2.45) is 0 Å². The molecule has 0 spiro atoms. The largest absolute Gasteiger partial charge is 0.462 e. The van der Waals surface area contributed by atoms with E-state index in [1.54, 1.807) is 0 Å². The number of nitrogens with zero attached hydrogens (tertiary/aromatic N) is 2. The van der Waals surface area contributed by atoms with E-state index in [4.69, 9.17) is 9.47 Å². The fourth-order valence-electron chi connectivity index (χ4n) is 2.59. The summed E-state index contributed by atoms with van der Waals surface area (Å²) in [6, 6.07) is 0. The van der Waals surface area contributed by atoms with E-state index in [9.17, 15) is 9.59 Å². The number of esters is 1. The lowest BCUT2D eigenvalue weighted by Crippen LogP contribution is -2.52. The fraction of sp³-hybridized carbons (Fsp3) is 0.857. The zero-order valence-electron chi connectivity index (χ0n) is 12.3. The van der Waals surface area contributed by atoms with Crippen LogP contribution in [0.3, 0.4) is 0 Å². The minimum absolute atomic E-state index is 0.0788. The summed E-state index contributed by atoms with van der Waals surface area (Å²) in [4.78, 5) is 27.6. The Hall–Kier alpha value is -1.14. The van der Waals surface area contributed by atoms with Crippen molar-refractivity contribution >= 4 is 11.9 Å². The topological polar surface area (TPSA) is 59.1 Å². The summed E-state index contributed by atoms with van der Waals surface area (Å²) in [6.45, 7) is 7.43. The third-order valence-corrected chi connectivity index (χ3v) is 3.61. The highest BCUT2D eigenvalue weighted by molar-refractivity contribution is 5.81. The third kappa shape index (κ3) is 4.18. The molecule has 0 aromatic rings. The summed E-state index contributed by atoms with van der Waals surface area (Å²) in [6.07, 6.45) is 1.48. The molecule has 0 aliphatic carbocycles. The number of amides is 1. The molecule has 0 bridgehead atoms. The lowest BCUT2D eigenvalue weighted by molar-refractivity contribution is -0.149. The first-order valence-electron chi connectivity index (χ1n) is 7.38. The molecule has 0 saturated carbocycles. The lowest BCUT2D eigenvalue weighted by atomic mass is 10.2. The van der Waals surface area contributed by atoms with Crippen LogP contribution in [0, 0.1) is 0 Å².